The Kier molecular flexibility index (Phi) is 6.79. The van der Waals surface area contributed by atoms with E-state index in [4.69, 9.17) is 13.8 Å². The lowest BCUT2D eigenvalue weighted by molar-refractivity contribution is 0.622. The van der Waals surface area contributed by atoms with Crippen molar-refractivity contribution in [2.75, 3.05) is 4.90 Å². The molecule has 54 heavy (non-hydrogen) atoms. The summed E-state index contributed by atoms with van der Waals surface area (Å²) >= 11 is 0. The van der Waals surface area contributed by atoms with E-state index < -0.39 is 0 Å². The maximum absolute atomic E-state index is 6.41. The molecule has 0 saturated carbocycles. The Morgan fingerprint density at radius 2 is 1.09 bits per heavy atom. The second-order valence-corrected chi connectivity index (χ2v) is 13.6. The smallest absolute Gasteiger partial charge is 0.227 e. The SMILES string of the molecule is c1ccc(-c2nc3ccc4oc5cc(-c6ccc(N(c7ccccc7)c7ccc8c(c7)c7ccccc7n8-c7ccccc7)cc6)ccc5c4c3o2)cc1. The van der Waals surface area contributed by atoms with Gasteiger partial charge in [0, 0.05) is 44.5 Å². The highest BCUT2D eigenvalue weighted by Crippen LogP contribution is 2.41. The Hall–Kier alpha value is -7.37. The average Bonchev–Trinajstić information content (AvgIpc) is 3.94. The van der Waals surface area contributed by atoms with Crippen molar-refractivity contribution in [3.8, 4) is 28.3 Å². The third-order valence-electron chi connectivity index (χ3n) is 10.4. The lowest BCUT2D eigenvalue weighted by atomic mass is 10.0. The van der Waals surface area contributed by atoms with Crippen molar-refractivity contribution >= 4 is 71.9 Å². The molecule has 5 heteroatoms. The molecule has 0 bridgehead atoms. The van der Waals surface area contributed by atoms with E-state index in [2.05, 4.69) is 155 Å². The van der Waals surface area contributed by atoms with E-state index in [1.807, 2.05) is 42.5 Å². The van der Waals surface area contributed by atoms with Crippen molar-refractivity contribution < 1.29 is 8.83 Å². The topological polar surface area (TPSA) is 47.3 Å². The van der Waals surface area contributed by atoms with Crippen LogP contribution in [0.15, 0.2) is 197 Å². The van der Waals surface area contributed by atoms with Crippen molar-refractivity contribution in [2.24, 2.45) is 0 Å². The van der Waals surface area contributed by atoms with Crippen LogP contribution in [0.25, 0.3) is 83.1 Å². The molecule has 0 aliphatic carbocycles. The van der Waals surface area contributed by atoms with Gasteiger partial charge in [-0.05, 0) is 108 Å². The van der Waals surface area contributed by atoms with Crippen LogP contribution < -0.4 is 4.90 Å². The van der Waals surface area contributed by atoms with Gasteiger partial charge < -0.3 is 18.3 Å². The minimum absolute atomic E-state index is 0.604. The Balaban J connectivity index is 0.987. The number of nitrogens with zero attached hydrogens (tertiary/aromatic N) is 3. The van der Waals surface area contributed by atoms with Gasteiger partial charge in [0.2, 0.25) is 5.89 Å². The molecule has 0 atom stereocenters. The molecule has 8 aromatic carbocycles. The van der Waals surface area contributed by atoms with E-state index in [0.717, 1.165) is 72.5 Å². The fraction of sp³-hybridized carbons (Fsp3) is 0. The molecule has 0 amide bonds. The van der Waals surface area contributed by atoms with Gasteiger partial charge in [-0.1, -0.05) is 91.0 Å². The molecule has 0 aliphatic heterocycles. The molecule has 11 aromatic rings. The van der Waals surface area contributed by atoms with Crippen molar-refractivity contribution in [2.45, 2.75) is 0 Å². The number of hydrogen-bond donors (Lipinski definition) is 0. The van der Waals surface area contributed by atoms with Crippen LogP contribution in [0, 0.1) is 0 Å². The number of anilines is 3. The molecule has 0 unspecified atom stereocenters. The Morgan fingerprint density at radius 1 is 0.426 bits per heavy atom. The number of furan rings is 1. The zero-order valence-electron chi connectivity index (χ0n) is 29.1. The first kappa shape index (κ1) is 30.3. The molecule has 0 spiro atoms. The third kappa shape index (κ3) is 4.83. The van der Waals surface area contributed by atoms with Crippen molar-refractivity contribution in [3.63, 3.8) is 0 Å². The minimum atomic E-state index is 0.604. The van der Waals surface area contributed by atoms with Gasteiger partial charge in [0.15, 0.2) is 5.58 Å². The first-order valence-corrected chi connectivity index (χ1v) is 18.1. The van der Waals surface area contributed by atoms with Gasteiger partial charge in [-0.2, -0.15) is 0 Å². The van der Waals surface area contributed by atoms with Crippen LogP contribution in [-0.4, -0.2) is 9.55 Å². The van der Waals surface area contributed by atoms with Crippen molar-refractivity contribution in [3.05, 3.63) is 188 Å². The maximum Gasteiger partial charge on any atom is 0.227 e. The van der Waals surface area contributed by atoms with Gasteiger partial charge >= 0.3 is 0 Å². The molecular weight excluding hydrogens is 663 g/mol. The quantitative estimate of drug-likeness (QED) is 0.174. The lowest BCUT2D eigenvalue weighted by Gasteiger charge is -2.26. The second-order valence-electron chi connectivity index (χ2n) is 13.6. The highest BCUT2D eigenvalue weighted by atomic mass is 16.4. The average molecular weight is 694 g/mol. The molecule has 3 heterocycles. The zero-order valence-corrected chi connectivity index (χ0v) is 29.1. The van der Waals surface area contributed by atoms with Gasteiger partial charge in [-0.25, -0.2) is 4.98 Å². The van der Waals surface area contributed by atoms with Crippen LogP contribution in [-0.2, 0) is 0 Å². The summed E-state index contributed by atoms with van der Waals surface area (Å²) in [7, 11) is 0. The largest absolute Gasteiger partial charge is 0.456 e. The van der Waals surface area contributed by atoms with Crippen LogP contribution in [0.1, 0.15) is 0 Å². The highest BCUT2D eigenvalue weighted by molar-refractivity contribution is 6.17. The fourth-order valence-corrected chi connectivity index (χ4v) is 7.91. The summed E-state index contributed by atoms with van der Waals surface area (Å²) in [6.45, 7) is 0. The van der Waals surface area contributed by atoms with Crippen molar-refractivity contribution in [1.29, 1.82) is 0 Å². The number of fused-ring (bicyclic) bond motifs is 8. The monoisotopic (exact) mass is 693 g/mol. The van der Waals surface area contributed by atoms with E-state index in [1.165, 1.54) is 21.8 Å². The summed E-state index contributed by atoms with van der Waals surface area (Å²) in [5.74, 6) is 0.604. The van der Waals surface area contributed by atoms with Crippen LogP contribution >= 0.6 is 0 Å². The minimum Gasteiger partial charge on any atom is -0.456 e. The Morgan fingerprint density at radius 3 is 1.91 bits per heavy atom. The number of oxazole rings is 1. The van der Waals surface area contributed by atoms with Crippen LogP contribution in [0.2, 0.25) is 0 Å². The molecule has 0 N–H and O–H groups in total. The molecule has 0 fully saturated rings. The molecule has 11 rings (SSSR count). The number of benzene rings is 8. The zero-order chi connectivity index (χ0) is 35.6. The number of hydrogen-bond acceptors (Lipinski definition) is 4. The molecule has 0 aliphatic rings. The molecule has 254 valence electrons. The summed E-state index contributed by atoms with van der Waals surface area (Å²) in [5, 5.41) is 4.39. The predicted octanol–water partition coefficient (Wildman–Crippen LogP) is 13.6. The van der Waals surface area contributed by atoms with E-state index in [1.54, 1.807) is 0 Å². The third-order valence-corrected chi connectivity index (χ3v) is 10.4. The van der Waals surface area contributed by atoms with Gasteiger partial charge in [-0.3, -0.25) is 0 Å². The molecule has 5 nitrogen and oxygen atoms in total. The lowest BCUT2D eigenvalue weighted by Crippen LogP contribution is -2.09. The van der Waals surface area contributed by atoms with Gasteiger partial charge in [0.25, 0.3) is 0 Å². The second kappa shape index (κ2) is 12.1. The van der Waals surface area contributed by atoms with E-state index >= 15 is 0 Å². The summed E-state index contributed by atoms with van der Waals surface area (Å²) in [5.41, 5.74) is 13.0. The molecule has 0 radical (unpaired) electrons. The summed E-state index contributed by atoms with van der Waals surface area (Å²) in [6.07, 6.45) is 0. The summed E-state index contributed by atoms with van der Waals surface area (Å²) in [6, 6.07) is 65.7. The van der Waals surface area contributed by atoms with Gasteiger partial charge in [0.05, 0.1) is 16.4 Å². The summed E-state index contributed by atoms with van der Waals surface area (Å²) in [4.78, 5) is 7.11. The normalized spacial score (nSPS) is 11.7. The molecule has 3 aromatic heterocycles. The predicted molar refractivity (Wildman–Crippen MR) is 221 cm³/mol. The highest BCUT2D eigenvalue weighted by Gasteiger charge is 2.19. The standard InChI is InChI=1S/C49H31N3O2/c1-4-12-33(13-5-1)49-50-42-27-29-45-47(48(42)54-49)40-26-22-34(30-46(40)53-45)32-20-23-37(24-21-32)51(35-14-6-2-7-15-35)38-25-28-44-41(31-38)39-18-10-11-19-43(39)52(44)36-16-8-3-9-17-36/h1-31H. The summed E-state index contributed by atoms with van der Waals surface area (Å²) < 4.78 is 15.1. The first-order valence-electron chi connectivity index (χ1n) is 18.1. The Labute approximate surface area is 310 Å². The maximum atomic E-state index is 6.41. The molecular formula is C49H31N3O2. The van der Waals surface area contributed by atoms with E-state index in [9.17, 15) is 0 Å². The van der Waals surface area contributed by atoms with E-state index in [0.29, 0.717) is 5.89 Å². The number of para-hydroxylation sites is 3. The van der Waals surface area contributed by atoms with Crippen LogP contribution in [0.5, 0.6) is 0 Å². The van der Waals surface area contributed by atoms with E-state index in [-0.39, 0.29) is 0 Å². The van der Waals surface area contributed by atoms with Gasteiger partial charge in [0.1, 0.15) is 16.7 Å². The number of aromatic nitrogens is 2. The molecule has 0 saturated heterocycles. The van der Waals surface area contributed by atoms with Gasteiger partial charge in [-0.15, -0.1) is 0 Å². The van der Waals surface area contributed by atoms with Crippen LogP contribution in [0.4, 0.5) is 17.1 Å². The fourth-order valence-electron chi connectivity index (χ4n) is 7.91. The van der Waals surface area contributed by atoms with Crippen LogP contribution in [0.3, 0.4) is 0 Å². The van der Waals surface area contributed by atoms with Crippen molar-refractivity contribution in [1.82, 2.24) is 9.55 Å². The first-order chi connectivity index (χ1) is 26.8. The number of rotatable bonds is 6. The Bertz CT molecular complexity index is 3140.